The summed E-state index contributed by atoms with van der Waals surface area (Å²) in [5, 5.41) is 23.5. The van der Waals surface area contributed by atoms with Crippen molar-refractivity contribution in [3.05, 3.63) is 191 Å². The molecule has 0 aliphatic carbocycles. The molecule has 346 valence electrons. The number of alkyl halides is 12. The zero-order valence-electron chi connectivity index (χ0n) is 35.3. The predicted molar refractivity (Wildman–Crippen MR) is 241 cm³/mol. The fourth-order valence-electron chi connectivity index (χ4n) is 9.08. The van der Waals surface area contributed by atoms with Crippen molar-refractivity contribution in [2.24, 2.45) is 0 Å². The van der Waals surface area contributed by atoms with Gasteiger partial charge in [-0.1, -0.05) is 72.8 Å². The van der Waals surface area contributed by atoms with E-state index in [1.54, 1.807) is 106 Å². The average Bonchev–Trinajstić information content (AvgIpc) is 3.84. The maximum atomic E-state index is 14.1. The lowest BCUT2D eigenvalue weighted by Crippen LogP contribution is -2.11. The van der Waals surface area contributed by atoms with Gasteiger partial charge in [-0.15, -0.1) is 0 Å². The van der Waals surface area contributed by atoms with Crippen LogP contribution >= 0.6 is 0 Å². The summed E-state index contributed by atoms with van der Waals surface area (Å²) < 4.78 is 173. The molecule has 4 nitrogen and oxygen atoms in total. The summed E-state index contributed by atoms with van der Waals surface area (Å²) in [7, 11) is 0. The van der Waals surface area contributed by atoms with E-state index in [-0.39, 0.29) is 56.8 Å². The van der Waals surface area contributed by atoms with E-state index in [4.69, 9.17) is 0 Å². The van der Waals surface area contributed by atoms with Crippen LogP contribution in [-0.2, 0) is 24.7 Å². The van der Waals surface area contributed by atoms with Crippen LogP contribution in [0.1, 0.15) is 33.4 Å². The highest BCUT2D eigenvalue weighted by atomic mass is 19.4. The van der Waals surface area contributed by atoms with Crippen LogP contribution in [0.2, 0.25) is 0 Å². The molecular formula is C54H26F12N4. The van der Waals surface area contributed by atoms with E-state index in [1.165, 1.54) is 24.3 Å². The second-order valence-electron chi connectivity index (χ2n) is 16.5. The lowest BCUT2D eigenvalue weighted by molar-refractivity contribution is -0.144. The summed E-state index contributed by atoms with van der Waals surface area (Å²) in [4.78, 5) is 0. The number of halogens is 12. The van der Waals surface area contributed by atoms with Gasteiger partial charge in [0.05, 0.1) is 67.3 Å². The molecule has 10 aromatic rings. The molecule has 0 saturated heterocycles. The van der Waals surface area contributed by atoms with Crippen molar-refractivity contribution < 1.29 is 52.7 Å². The minimum absolute atomic E-state index is 0.0250. The third-order valence-corrected chi connectivity index (χ3v) is 12.2. The smallest absolute Gasteiger partial charge is 0.308 e. The Labute approximate surface area is 387 Å². The van der Waals surface area contributed by atoms with E-state index >= 15 is 0 Å². The molecule has 0 aliphatic rings. The summed E-state index contributed by atoms with van der Waals surface area (Å²) in [6.07, 6.45) is -20.5. The van der Waals surface area contributed by atoms with Gasteiger partial charge in [0.2, 0.25) is 0 Å². The van der Waals surface area contributed by atoms with Gasteiger partial charge in [-0.05, 0) is 118 Å². The predicted octanol–water partition coefficient (Wildman–Crippen LogP) is 16.7. The second-order valence-corrected chi connectivity index (χ2v) is 16.5. The Morgan fingerprint density at radius 1 is 0.314 bits per heavy atom. The van der Waals surface area contributed by atoms with Crippen molar-refractivity contribution in [2.75, 3.05) is 0 Å². The van der Waals surface area contributed by atoms with E-state index < -0.39 is 58.1 Å². The minimum Gasteiger partial charge on any atom is -0.308 e. The highest BCUT2D eigenvalue weighted by Crippen LogP contribution is 2.45. The van der Waals surface area contributed by atoms with Crippen LogP contribution in [0.4, 0.5) is 52.7 Å². The van der Waals surface area contributed by atoms with Crippen molar-refractivity contribution in [3.8, 4) is 56.9 Å². The topological polar surface area (TPSA) is 57.4 Å². The molecule has 16 heteroatoms. The highest BCUT2D eigenvalue weighted by molar-refractivity contribution is 6.12. The van der Waals surface area contributed by atoms with Crippen LogP contribution in [0.5, 0.6) is 0 Å². The number of para-hydroxylation sites is 2. The molecule has 0 spiro atoms. The van der Waals surface area contributed by atoms with Gasteiger partial charge in [0.1, 0.15) is 11.6 Å². The summed E-state index contributed by atoms with van der Waals surface area (Å²) in [6, 6.07) is 39.2. The Kier molecular flexibility index (Phi) is 10.4. The maximum Gasteiger partial charge on any atom is 0.416 e. The van der Waals surface area contributed by atoms with Crippen molar-refractivity contribution >= 4 is 43.6 Å². The lowest BCUT2D eigenvalue weighted by atomic mass is 9.97. The third-order valence-electron chi connectivity index (χ3n) is 12.2. The maximum absolute atomic E-state index is 14.1. The monoisotopic (exact) mass is 958 g/mol. The fraction of sp³-hybridized carbons (Fsp3) is 0.0741. The van der Waals surface area contributed by atoms with Gasteiger partial charge in [-0.3, -0.25) is 0 Å². The molecule has 0 unspecified atom stereocenters. The largest absolute Gasteiger partial charge is 0.416 e. The summed E-state index contributed by atoms with van der Waals surface area (Å²) in [5.74, 6) is 0. The van der Waals surface area contributed by atoms with E-state index in [9.17, 15) is 63.2 Å². The van der Waals surface area contributed by atoms with Gasteiger partial charge in [-0.2, -0.15) is 63.2 Å². The third kappa shape index (κ3) is 7.81. The van der Waals surface area contributed by atoms with Crippen LogP contribution in [0, 0.1) is 22.7 Å². The second kappa shape index (κ2) is 16.1. The van der Waals surface area contributed by atoms with Crippen molar-refractivity contribution in [3.63, 3.8) is 0 Å². The van der Waals surface area contributed by atoms with Crippen LogP contribution in [-0.4, -0.2) is 9.13 Å². The van der Waals surface area contributed by atoms with Crippen LogP contribution in [0.3, 0.4) is 0 Å². The Balaban J connectivity index is 1.31. The molecule has 10 rings (SSSR count). The number of benzene rings is 8. The number of hydrogen-bond acceptors (Lipinski definition) is 2. The van der Waals surface area contributed by atoms with Gasteiger partial charge in [0.15, 0.2) is 0 Å². The number of nitrogens with zero attached hydrogens (tertiary/aromatic N) is 4. The average molecular weight is 959 g/mol. The first-order chi connectivity index (χ1) is 33.1. The van der Waals surface area contributed by atoms with Crippen molar-refractivity contribution in [1.29, 1.82) is 10.5 Å². The van der Waals surface area contributed by atoms with Gasteiger partial charge in [-0.25, -0.2) is 0 Å². The molecule has 0 radical (unpaired) electrons. The zero-order valence-corrected chi connectivity index (χ0v) is 35.3. The first-order valence-electron chi connectivity index (χ1n) is 20.9. The minimum atomic E-state index is -5.14. The van der Waals surface area contributed by atoms with Crippen molar-refractivity contribution in [1.82, 2.24) is 9.13 Å². The SMILES string of the molecule is N#Cc1cccc(-c2cc(-n3c4ccccc4c4ccc(-c5cc(C(F)(F)F)cc(C(F)(F)F)c5)cc43)c(C#N)c(-n3c4ccccc4c4ccc(-c5cc(C(F)(F)F)cc(C(F)(F)F)c5)cc43)c2)c1. The van der Waals surface area contributed by atoms with Crippen molar-refractivity contribution in [2.45, 2.75) is 24.7 Å². The zero-order chi connectivity index (χ0) is 49.7. The van der Waals surface area contributed by atoms with Gasteiger partial charge >= 0.3 is 24.7 Å². The number of aromatic nitrogens is 2. The normalized spacial score (nSPS) is 12.5. The van der Waals surface area contributed by atoms with Crippen LogP contribution in [0.15, 0.2) is 158 Å². The van der Waals surface area contributed by atoms with E-state index in [0.717, 1.165) is 0 Å². The van der Waals surface area contributed by atoms with E-state index in [2.05, 4.69) is 12.1 Å². The molecule has 0 N–H and O–H groups in total. The molecule has 0 fully saturated rings. The highest BCUT2D eigenvalue weighted by Gasteiger charge is 2.39. The molecule has 0 atom stereocenters. The molecule has 0 aliphatic heterocycles. The number of nitriles is 2. The fourth-order valence-corrected chi connectivity index (χ4v) is 9.08. The molecule has 0 saturated carbocycles. The molecule has 0 amide bonds. The van der Waals surface area contributed by atoms with E-state index in [0.29, 0.717) is 68.0 Å². The molecular weight excluding hydrogens is 933 g/mol. The molecule has 0 bridgehead atoms. The Morgan fingerprint density at radius 2 is 0.686 bits per heavy atom. The standard InChI is InChI=1S/C54H26F12N4/c55-51(56,57)36-17-33(18-37(25-36)52(58,59)60)31-12-14-42-40-8-1-3-10-45(40)69(47(42)21-31)49-23-35(30-7-5-6-29(16-30)27-67)24-50(44(49)28-68)70-46-11-4-2-9-41(46)43-15-13-32(22-48(43)70)34-19-38(53(61,62)63)26-39(20-34)54(64,65)66/h1-26H. The lowest BCUT2D eigenvalue weighted by Gasteiger charge is -2.19. The first kappa shape index (κ1) is 45.3. The number of hydrogen-bond donors (Lipinski definition) is 0. The first-order valence-corrected chi connectivity index (χ1v) is 20.9. The molecule has 8 aromatic carbocycles. The molecule has 2 aromatic heterocycles. The summed E-state index contributed by atoms with van der Waals surface area (Å²) in [6.45, 7) is 0. The number of rotatable bonds is 5. The Hall–Kier alpha value is -8.50. The quantitative estimate of drug-likeness (QED) is 0.161. The van der Waals surface area contributed by atoms with Crippen LogP contribution < -0.4 is 0 Å². The van der Waals surface area contributed by atoms with Gasteiger partial charge < -0.3 is 9.13 Å². The van der Waals surface area contributed by atoms with E-state index in [1.807, 2.05) is 0 Å². The van der Waals surface area contributed by atoms with Crippen LogP contribution in [0.25, 0.3) is 88.4 Å². The van der Waals surface area contributed by atoms with Gasteiger partial charge in [0.25, 0.3) is 0 Å². The Bertz CT molecular complexity index is 3590. The summed E-state index contributed by atoms with van der Waals surface area (Å²) in [5.41, 5.74) is -4.04. The summed E-state index contributed by atoms with van der Waals surface area (Å²) >= 11 is 0. The van der Waals surface area contributed by atoms with Gasteiger partial charge in [0, 0.05) is 21.5 Å². The Morgan fingerprint density at radius 3 is 1.07 bits per heavy atom. The molecule has 70 heavy (non-hydrogen) atoms. The molecule has 2 heterocycles. The number of fused-ring (bicyclic) bond motifs is 6.